The molecule has 1 atom stereocenters. The fourth-order valence-electron chi connectivity index (χ4n) is 2.76. The highest BCUT2D eigenvalue weighted by molar-refractivity contribution is 5.82. The highest BCUT2D eigenvalue weighted by Gasteiger charge is 2.33. The van der Waals surface area contributed by atoms with Crippen molar-refractivity contribution in [2.45, 2.75) is 44.3 Å². The Morgan fingerprint density at radius 1 is 1.37 bits per heavy atom. The van der Waals surface area contributed by atoms with Crippen molar-refractivity contribution in [3.8, 4) is 0 Å². The number of hydrogen-bond donors (Lipinski definition) is 2. The Kier molecular flexibility index (Phi) is 3.42. The Bertz CT molecular complexity index is 470. The largest absolute Gasteiger partial charge is 0.399 e. The van der Waals surface area contributed by atoms with Crippen LogP contribution < -0.4 is 11.1 Å². The number of anilines is 1. The molecule has 2 fully saturated rings. The first kappa shape index (κ1) is 12.5. The van der Waals surface area contributed by atoms with Gasteiger partial charge in [0.25, 0.3) is 0 Å². The van der Waals surface area contributed by atoms with E-state index in [9.17, 15) is 4.79 Å². The lowest BCUT2D eigenvalue weighted by Crippen LogP contribution is -2.43. The topological polar surface area (TPSA) is 58.4 Å². The fourth-order valence-corrected chi connectivity index (χ4v) is 2.76. The Balaban J connectivity index is 1.63. The van der Waals surface area contributed by atoms with E-state index in [-0.39, 0.29) is 11.9 Å². The van der Waals surface area contributed by atoms with E-state index in [1.54, 1.807) is 0 Å². The van der Waals surface area contributed by atoms with Crippen LogP contribution in [0.25, 0.3) is 0 Å². The Morgan fingerprint density at radius 3 is 2.95 bits per heavy atom. The summed E-state index contributed by atoms with van der Waals surface area (Å²) in [5, 5.41) is 3.12. The summed E-state index contributed by atoms with van der Waals surface area (Å²) in [6.45, 7) is 1.81. The van der Waals surface area contributed by atoms with Crippen LogP contribution in [0.15, 0.2) is 24.3 Å². The van der Waals surface area contributed by atoms with Gasteiger partial charge < -0.3 is 11.1 Å². The molecule has 0 radical (unpaired) electrons. The Hall–Kier alpha value is -1.55. The molecule has 1 aliphatic heterocycles. The second-order valence-corrected chi connectivity index (χ2v) is 5.66. The first-order valence-electron chi connectivity index (χ1n) is 7.11. The Morgan fingerprint density at radius 2 is 2.21 bits per heavy atom. The van der Waals surface area contributed by atoms with Gasteiger partial charge in [0.1, 0.15) is 0 Å². The number of nitrogens with two attached hydrogens (primary N) is 1. The van der Waals surface area contributed by atoms with Gasteiger partial charge in [0.05, 0.1) is 6.04 Å². The van der Waals surface area contributed by atoms with Crippen LogP contribution in [0.3, 0.4) is 0 Å². The Labute approximate surface area is 114 Å². The van der Waals surface area contributed by atoms with Gasteiger partial charge in [0.2, 0.25) is 5.91 Å². The fraction of sp³-hybridized carbons (Fsp3) is 0.533. The van der Waals surface area contributed by atoms with Crippen molar-refractivity contribution >= 4 is 11.6 Å². The monoisotopic (exact) mass is 259 g/mol. The molecule has 102 valence electrons. The molecular formula is C15H21N3O. The first-order chi connectivity index (χ1) is 9.22. The van der Waals surface area contributed by atoms with E-state index in [1.165, 1.54) is 5.56 Å². The molecule has 3 N–H and O–H groups in total. The van der Waals surface area contributed by atoms with Gasteiger partial charge in [-0.3, -0.25) is 9.69 Å². The lowest BCUT2D eigenvalue weighted by molar-refractivity contribution is -0.125. The molecule has 0 bridgehead atoms. The van der Waals surface area contributed by atoms with Gasteiger partial charge in [-0.05, 0) is 49.9 Å². The van der Waals surface area contributed by atoms with E-state index in [0.29, 0.717) is 6.04 Å². The molecule has 3 rings (SSSR count). The van der Waals surface area contributed by atoms with Crippen molar-refractivity contribution in [2.24, 2.45) is 0 Å². The minimum absolute atomic E-state index is 0.0435. The maximum atomic E-state index is 12.2. The van der Waals surface area contributed by atoms with E-state index in [0.717, 1.165) is 44.5 Å². The van der Waals surface area contributed by atoms with Gasteiger partial charge in [-0.15, -0.1) is 0 Å². The summed E-state index contributed by atoms with van der Waals surface area (Å²) in [6.07, 6.45) is 4.37. The predicted octanol–water partition coefficient (Wildman–Crippen LogP) is 1.51. The molecule has 1 aromatic carbocycles. The molecule has 4 nitrogen and oxygen atoms in total. The van der Waals surface area contributed by atoms with E-state index in [2.05, 4.69) is 16.3 Å². The minimum atomic E-state index is 0.0435. The third-order valence-electron chi connectivity index (χ3n) is 3.93. The zero-order valence-corrected chi connectivity index (χ0v) is 11.1. The van der Waals surface area contributed by atoms with Crippen molar-refractivity contribution in [3.63, 3.8) is 0 Å². The SMILES string of the molecule is Nc1cccc(CN2CCCC2C(=O)NC2CC2)c1. The number of nitrogens with one attached hydrogen (secondary N) is 1. The number of carbonyl (C=O) groups is 1. The van der Waals surface area contributed by atoms with E-state index in [1.807, 2.05) is 18.2 Å². The van der Waals surface area contributed by atoms with Gasteiger partial charge >= 0.3 is 0 Å². The summed E-state index contributed by atoms with van der Waals surface area (Å²) in [6, 6.07) is 8.42. The summed E-state index contributed by atoms with van der Waals surface area (Å²) in [5.74, 6) is 0.212. The average molecular weight is 259 g/mol. The average Bonchev–Trinajstić information content (AvgIpc) is 3.06. The van der Waals surface area contributed by atoms with Gasteiger partial charge in [-0.25, -0.2) is 0 Å². The number of likely N-dealkylation sites (tertiary alicyclic amines) is 1. The van der Waals surface area contributed by atoms with E-state index in [4.69, 9.17) is 5.73 Å². The summed E-state index contributed by atoms with van der Waals surface area (Å²) < 4.78 is 0. The van der Waals surface area contributed by atoms with Crippen LogP contribution in [0.2, 0.25) is 0 Å². The molecule has 1 amide bonds. The second kappa shape index (κ2) is 5.21. The minimum Gasteiger partial charge on any atom is -0.399 e. The maximum Gasteiger partial charge on any atom is 0.237 e. The van der Waals surface area contributed by atoms with Crippen molar-refractivity contribution in [2.75, 3.05) is 12.3 Å². The summed E-state index contributed by atoms with van der Waals surface area (Å²) in [5.41, 5.74) is 7.78. The van der Waals surface area contributed by atoms with E-state index < -0.39 is 0 Å². The zero-order chi connectivity index (χ0) is 13.2. The molecule has 19 heavy (non-hydrogen) atoms. The van der Waals surface area contributed by atoms with Gasteiger partial charge in [0.15, 0.2) is 0 Å². The lowest BCUT2D eigenvalue weighted by Gasteiger charge is -2.23. The molecule has 0 aromatic heterocycles. The highest BCUT2D eigenvalue weighted by Crippen LogP contribution is 2.24. The van der Waals surface area contributed by atoms with Crippen LogP contribution in [-0.4, -0.2) is 29.4 Å². The number of nitrogens with zero attached hydrogens (tertiary/aromatic N) is 1. The van der Waals surface area contributed by atoms with Crippen LogP contribution >= 0.6 is 0 Å². The molecular weight excluding hydrogens is 238 g/mol. The van der Waals surface area contributed by atoms with Crippen LogP contribution in [0.5, 0.6) is 0 Å². The molecule has 1 aromatic rings. The summed E-state index contributed by atoms with van der Waals surface area (Å²) in [4.78, 5) is 14.5. The summed E-state index contributed by atoms with van der Waals surface area (Å²) >= 11 is 0. The van der Waals surface area contributed by atoms with Crippen LogP contribution in [0.4, 0.5) is 5.69 Å². The zero-order valence-electron chi connectivity index (χ0n) is 11.1. The summed E-state index contributed by atoms with van der Waals surface area (Å²) in [7, 11) is 0. The van der Waals surface area contributed by atoms with Crippen molar-refractivity contribution in [3.05, 3.63) is 29.8 Å². The predicted molar refractivity (Wildman–Crippen MR) is 75.5 cm³/mol. The maximum absolute atomic E-state index is 12.2. The molecule has 1 unspecified atom stereocenters. The standard InChI is InChI=1S/C15H21N3O/c16-12-4-1-3-11(9-12)10-18-8-2-5-14(18)15(19)17-13-6-7-13/h1,3-4,9,13-14H,2,5-8,10,16H2,(H,17,19). The lowest BCUT2D eigenvalue weighted by atomic mass is 10.1. The number of benzene rings is 1. The van der Waals surface area contributed by atoms with Crippen molar-refractivity contribution < 1.29 is 4.79 Å². The molecule has 1 heterocycles. The van der Waals surface area contributed by atoms with Crippen LogP contribution in [0.1, 0.15) is 31.2 Å². The first-order valence-corrected chi connectivity index (χ1v) is 7.11. The molecule has 2 aliphatic rings. The smallest absolute Gasteiger partial charge is 0.237 e. The molecule has 4 heteroatoms. The normalized spacial score (nSPS) is 23.5. The van der Waals surface area contributed by atoms with Crippen LogP contribution in [-0.2, 0) is 11.3 Å². The number of amides is 1. The van der Waals surface area contributed by atoms with Crippen molar-refractivity contribution in [1.29, 1.82) is 0 Å². The number of carbonyl (C=O) groups excluding carboxylic acids is 1. The molecule has 1 saturated carbocycles. The third-order valence-corrected chi connectivity index (χ3v) is 3.93. The molecule has 1 aliphatic carbocycles. The third kappa shape index (κ3) is 3.07. The van der Waals surface area contributed by atoms with Crippen LogP contribution in [0, 0.1) is 0 Å². The molecule has 0 spiro atoms. The van der Waals surface area contributed by atoms with Gasteiger partial charge in [0, 0.05) is 18.3 Å². The number of rotatable bonds is 4. The highest BCUT2D eigenvalue weighted by atomic mass is 16.2. The number of hydrogen-bond acceptors (Lipinski definition) is 3. The van der Waals surface area contributed by atoms with E-state index >= 15 is 0 Å². The van der Waals surface area contributed by atoms with Crippen molar-refractivity contribution in [1.82, 2.24) is 10.2 Å². The van der Waals surface area contributed by atoms with Gasteiger partial charge in [-0.2, -0.15) is 0 Å². The number of nitrogen functional groups attached to an aromatic ring is 1. The second-order valence-electron chi connectivity index (χ2n) is 5.66. The van der Waals surface area contributed by atoms with Gasteiger partial charge in [-0.1, -0.05) is 12.1 Å². The molecule has 1 saturated heterocycles. The quantitative estimate of drug-likeness (QED) is 0.806.